The van der Waals surface area contributed by atoms with E-state index in [4.69, 9.17) is 10.5 Å². The molecule has 4 nitrogen and oxygen atoms in total. The van der Waals surface area contributed by atoms with Gasteiger partial charge in [-0.25, -0.2) is 0 Å². The molecule has 0 aliphatic carbocycles. The van der Waals surface area contributed by atoms with Crippen LogP contribution in [0.5, 0.6) is 5.75 Å². The van der Waals surface area contributed by atoms with Crippen molar-refractivity contribution < 1.29 is 9.53 Å². The fraction of sp³-hybridized carbons (Fsp3) is 0.500. The largest absolute Gasteiger partial charge is 0.496 e. The van der Waals surface area contributed by atoms with Crippen molar-refractivity contribution in [2.45, 2.75) is 33.2 Å². The van der Waals surface area contributed by atoms with Gasteiger partial charge in [-0.2, -0.15) is 0 Å². The molecule has 0 aliphatic rings. The predicted molar refractivity (Wildman–Crippen MR) is 72.8 cm³/mol. The minimum absolute atomic E-state index is 0.113. The normalized spacial score (nSPS) is 12.1. The summed E-state index contributed by atoms with van der Waals surface area (Å²) < 4.78 is 5.27. The first kappa shape index (κ1) is 14.5. The van der Waals surface area contributed by atoms with E-state index in [9.17, 15) is 4.79 Å². The van der Waals surface area contributed by atoms with Crippen molar-refractivity contribution in [3.05, 3.63) is 28.8 Å². The zero-order chi connectivity index (χ0) is 13.7. The highest BCUT2D eigenvalue weighted by atomic mass is 16.5. The summed E-state index contributed by atoms with van der Waals surface area (Å²) in [5.41, 5.74) is 8.98. The second kappa shape index (κ2) is 6.40. The van der Waals surface area contributed by atoms with E-state index in [0.717, 1.165) is 17.7 Å². The fourth-order valence-corrected chi connectivity index (χ4v) is 1.82. The molecule has 1 atom stereocenters. The van der Waals surface area contributed by atoms with Crippen LogP contribution in [0, 0.1) is 13.8 Å². The highest BCUT2D eigenvalue weighted by molar-refractivity contribution is 5.80. The molecule has 1 unspecified atom stereocenters. The Labute approximate surface area is 109 Å². The Balaban J connectivity index is 2.63. The van der Waals surface area contributed by atoms with Gasteiger partial charge in [0, 0.05) is 6.54 Å². The monoisotopic (exact) mass is 250 g/mol. The second-order valence-corrected chi connectivity index (χ2v) is 4.58. The molecular formula is C14H22N2O2. The number of rotatable bonds is 5. The van der Waals surface area contributed by atoms with Crippen LogP contribution < -0.4 is 15.8 Å². The molecule has 3 N–H and O–H groups in total. The lowest BCUT2D eigenvalue weighted by molar-refractivity contribution is -0.121. The maximum absolute atomic E-state index is 11.3. The number of hydrogen-bond acceptors (Lipinski definition) is 3. The van der Waals surface area contributed by atoms with E-state index in [1.54, 1.807) is 14.0 Å². The molecule has 1 aromatic rings. The van der Waals surface area contributed by atoms with Crippen LogP contribution in [-0.2, 0) is 11.2 Å². The third-order valence-electron chi connectivity index (χ3n) is 2.96. The lowest BCUT2D eigenvalue weighted by Gasteiger charge is -2.12. The Morgan fingerprint density at radius 3 is 2.61 bits per heavy atom. The molecular weight excluding hydrogens is 228 g/mol. The highest BCUT2D eigenvalue weighted by Crippen LogP contribution is 2.22. The quantitative estimate of drug-likeness (QED) is 0.828. The Morgan fingerprint density at radius 2 is 2.06 bits per heavy atom. The van der Waals surface area contributed by atoms with Crippen molar-refractivity contribution in [2.24, 2.45) is 5.73 Å². The summed E-state index contributed by atoms with van der Waals surface area (Å²) in [5.74, 6) is 0.786. The Hall–Kier alpha value is -1.55. The lowest BCUT2D eigenvalue weighted by atomic mass is 10.0. The van der Waals surface area contributed by atoms with E-state index in [1.165, 1.54) is 11.1 Å². The number of benzene rings is 1. The van der Waals surface area contributed by atoms with Gasteiger partial charge in [0.1, 0.15) is 5.75 Å². The zero-order valence-electron chi connectivity index (χ0n) is 11.5. The van der Waals surface area contributed by atoms with Gasteiger partial charge in [-0.15, -0.1) is 0 Å². The van der Waals surface area contributed by atoms with Gasteiger partial charge in [0.15, 0.2) is 0 Å². The number of methoxy groups -OCH3 is 1. The van der Waals surface area contributed by atoms with Crippen molar-refractivity contribution in [3.63, 3.8) is 0 Å². The second-order valence-electron chi connectivity index (χ2n) is 4.58. The van der Waals surface area contributed by atoms with E-state index in [2.05, 4.69) is 11.4 Å². The van der Waals surface area contributed by atoms with Crippen LogP contribution in [-0.4, -0.2) is 25.6 Å². The van der Waals surface area contributed by atoms with Crippen LogP contribution in [0.3, 0.4) is 0 Å². The average molecular weight is 250 g/mol. The molecule has 0 saturated heterocycles. The SMILES string of the molecule is COc1cc(C)c(CCNC(=O)C(C)N)cc1C. The number of hydrogen-bond donors (Lipinski definition) is 2. The van der Waals surface area contributed by atoms with Gasteiger partial charge < -0.3 is 15.8 Å². The summed E-state index contributed by atoms with van der Waals surface area (Å²) in [5, 5.41) is 2.81. The van der Waals surface area contributed by atoms with Crippen LogP contribution in [0.15, 0.2) is 12.1 Å². The first-order valence-electron chi connectivity index (χ1n) is 6.13. The lowest BCUT2D eigenvalue weighted by Crippen LogP contribution is -2.39. The molecule has 0 saturated carbocycles. The molecule has 0 fully saturated rings. The summed E-state index contributed by atoms with van der Waals surface area (Å²) in [6, 6.07) is 3.67. The Kier molecular flexibility index (Phi) is 5.16. The first-order valence-corrected chi connectivity index (χ1v) is 6.13. The summed E-state index contributed by atoms with van der Waals surface area (Å²) >= 11 is 0. The Morgan fingerprint density at radius 1 is 1.39 bits per heavy atom. The molecule has 1 aromatic carbocycles. The van der Waals surface area contributed by atoms with Crippen LogP contribution in [0.4, 0.5) is 0 Å². The highest BCUT2D eigenvalue weighted by Gasteiger charge is 2.08. The summed E-state index contributed by atoms with van der Waals surface area (Å²) in [4.78, 5) is 11.3. The molecule has 1 amide bonds. The topological polar surface area (TPSA) is 64.3 Å². The van der Waals surface area contributed by atoms with Crippen molar-refractivity contribution in [1.29, 1.82) is 0 Å². The molecule has 1 rings (SSSR count). The van der Waals surface area contributed by atoms with Gasteiger partial charge in [0.05, 0.1) is 13.2 Å². The smallest absolute Gasteiger partial charge is 0.236 e. The van der Waals surface area contributed by atoms with E-state index < -0.39 is 6.04 Å². The van der Waals surface area contributed by atoms with Gasteiger partial charge in [-0.3, -0.25) is 4.79 Å². The van der Waals surface area contributed by atoms with Gasteiger partial charge in [-0.1, -0.05) is 6.07 Å². The van der Waals surface area contributed by atoms with Gasteiger partial charge in [-0.05, 0) is 49.9 Å². The number of amides is 1. The summed E-state index contributed by atoms with van der Waals surface area (Å²) in [6.45, 7) is 6.35. The average Bonchev–Trinajstić information content (AvgIpc) is 2.32. The van der Waals surface area contributed by atoms with Gasteiger partial charge >= 0.3 is 0 Å². The third-order valence-corrected chi connectivity index (χ3v) is 2.96. The molecule has 0 spiro atoms. The summed E-state index contributed by atoms with van der Waals surface area (Å²) in [7, 11) is 1.67. The number of aryl methyl sites for hydroxylation is 2. The molecule has 0 radical (unpaired) electrons. The van der Waals surface area contributed by atoms with Crippen molar-refractivity contribution >= 4 is 5.91 Å². The maximum atomic E-state index is 11.3. The number of carbonyl (C=O) groups excluding carboxylic acids is 1. The van der Waals surface area contributed by atoms with E-state index in [-0.39, 0.29) is 5.91 Å². The van der Waals surface area contributed by atoms with E-state index in [0.29, 0.717) is 6.54 Å². The van der Waals surface area contributed by atoms with Gasteiger partial charge in [0.25, 0.3) is 0 Å². The molecule has 4 heteroatoms. The van der Waals surface area contributed by atoms with Gasteiger partial charge in [0.2, 0.25) is 5.91 Å². The molecule has 0 bridgehead atoms. The molecule has 0 aromatic heterocycles. The molecule has 100 valence electrons. The number of nitrogens with one attached hydrogen (secondary N) is 1. The van der Waals surface area contributed by atoms with Crippen LogP contribution in [0.1, 0.15) is 23.6 Å². The zero-order valence-corrected chi connectivity index (χ0v) is 11.5. The maximum Gasteiger partial charge on any atom is 0.236 e. The number of ether oxygens (including phenoxy) is 1. The fourth-order valence-electron chi connectivity index (χ4n) is 1.82. The summed E-state index contributed by atoms with van der Waals surface area (Å²) in [6.07, 6.45) is 0.801. The minimum atomic E-state index is -0.455. The van der Waals surface area contributed by atoms with E-state index in [1.807, 2.05) is 19.9 Å². The van der Waals surface area contributed by atoms with E-state index >= 15 is 0 Å². The third kappa shape index (κ3) is 3.74. The van der Waals surface area contributed by atoms with Crippen molar-refractivity contribution in [1.82, 2.24) is 5.32 Å². The van der Waals surface area contributed by atoms with Crippen molar-refractivity contribution in [2.75, 3.05) is 13.7 Å². The number of carbonyl (C=O) groups is 1. The standard InChI is InChI=1S/C14H22N2O2/c1-9-8-13(18-4)10(2)7-12(9)5-6-16-14(17)11(3)15/h7-8,11H,5-6,15H2,1-4H3,(H,16,17). The van der Waals surface area contributed by atoms with Crippen LogP contribution in [0.2, 0.25) is 0 Å². The Bertz CT molecular complexity index is 428. The number of nitrogens with two attached hydrogens (primary N) is 1. The minimum Gasteiger partial charge on any atom is -0.496 e. The van der Waals surface area contributed by atoms with Crippen LogP contribution >= 0.6 is 0 Å². The molecule has 0 aliphatic heterocycles. The molecule has 18 heavy (non-hydrogen) atoms. The molecule has 0 heterocycles. The predicted octanol–water partition coefficient (Wildman–Crippen LogP) is 1.32. The van der Waals surface area contributed by atoms with Crippen molar-refractivity contribution in [3.8, 4) is 5.75 Å². The first-order chi connectivity index (χ1) is 8.45. The van der Waals surface area contributed by atoms with Crippen LogP contribution in [0.25, 0.3) is 0 Å².